The molecule has 0 radical (unpaired) electrons. The lowest BCUT2D eigenvalue weighted by Crippen LogP contribution is -2.04. The standard InChI is InChI=1S/C18H16N6O2/c1-3-25-17-15-16(22-18(19)23-17)20-9-12(21-15)13-10(2)26-24-14(13)11-7-5-4-6-8-11/h4-9H,3H2,1-2H3,(H2,19,20,22,23). The monoisotopic (exact) mass is 348 g/mol. The summed E-state index contributed by atoms with van der Waals surface area (Å²) in [5, 5.41) is 4.19. The van der Waals surface area contributed by atoms with Crippen molar-refractivity contribution in [3.63, 3.8) is 0 Å². The summed E-state index contributed by atoms with van der Waals surface area (Å²) >= 11 is 0. The van der Waals surface area contributed by atoms with Gasteiger partial charge in [-0.25, -0.2) is 9.97 Å². The van der Waals surface area contributed by atoms with Gasteiger partial charge < -0.3 is 15.0 Å². The Bertz CT molecular complexity index is 1080. The summed E-state index contributed by atoms with van der Waals surface area (Å²) in [6.07, 6.45) is 1.62. The van der Waals surface area contributed by atoms with Crippen LogP contribution in [0.5, 0.6) is 5.88 Å². The molecule has 26 heavy (non-hydrogen) atoms. The summed E-state index contributed by atoms with van der Waals surface area (Å²) in [4.78, 5) is 17.3. The van der Waals surface area contributed by atoms with Crippen LogP contribution in [0.2, 0.25) is 0 Å². The van der Waals surface area contributed by atoms with Crippen molar-refractivity contribution in [3.8, 4) is 28.4 Å². The molecular formula is C18H16N6O2. The number of aromatic nitrogens is 5. The summed E-state index contributed by atoms with van der Waals surface area (Å²) in [5.41, 5.74) is 9.53. The molecule has 0 aliphatic carbocycles. The molecule has 0 saturated carbocycles. The number of hydrogen-bond acceptors (Lipinski definition) is 8. The number of nitrogens with zero attached hydrogens (tertiary/aromatic N) is 5. The first-order chi connectivity index (χ1) is 12.7. The highest BCUT2D eigenvalue weighted by molar-refractivity contribution is 5.84. The van der Waals surface area contributed by atoms with Gasteiger partial charge in [-0.05, 0) is 13.8 Å². The molecule has 0 amide bonds. The number of rotatable bonds is 4. The maximum absolute atomic E-state index is 5.72. The quantitative estimate of drug-likeness (QED) is 0.599. The highest BCUT2D eigenvalue weighted by atomic mass is 16.5. The Balaban J connectivity index is 1.92. The molecule has 8 nitrogen and oxygen atoms in total. The van der Waals surface area contributed by atoms with Crippen molar-refractivity contribution < 1.29 is 9.26 Å². The van der Waals surface area contributed by atoms with E-state index >= 15 is 0 Å². The van der Waals surface area contributed by atoms with E-state index in [9.17, 15) is 0 Å². The molecule has 4 rings (SSSR count). The third-order valence-corrected chi connectivity index (χ3v) is 3.84. The van der Waals surface area contributed by atoms with Gasteiger partial charge in [0.05, 0.1) is 24.1 Å². The van der Waals surface area contributed by atoms with Crippen molar-refractivity contribution >= 4 is 17.1 Å². The van der Waals surface area contributed by atoms with Crippen LogP contribution < -0.4 is 10.5 Å². The lowest BCUT2D eigenvalue weighted by Gasteiger charge is -2.08. The van der Waals surface area contributed by atoms with E-state index in [-0.39, 0.29) is 5.95 Å². The second-order valence-corrected chi connectivity index (χ2v) is 5.58. The second kappa shape index (κ2) is 6.40. The molecule has 3 aromatic heterocycles. The zero-order chi connectivity index (χ0) is 18.1. The lowest BCUT2D eigenvalue weighted by molar-refractivity contribution is 0.330. The molecular weight excluding hydrogens is 332 g/mol. The van der Waals surface area contributed by atoms with Crippen molar-refractivity contribution in [3.05, 3.63) is 42.3 Å². The first-order valence-corrected chi connectivity index (χ1v) is 8.12. The van der Waals surface area contributed by atoms with Crippen LogP contribution in [-0.4, -0.2) is 31.7 Å². The van der Waals surface area contributed by atoms with E-state index in [1.807, 2.05) is 44.2 Å². The van der Waals surface area contributed by atoms with Crippen molar-refractivity contribution in [1.29, 1.82) is 0 Å². The van der Waals surface area contributed by atoms with Gasteiger partial charge in [0, 0.05) is 5.56 Å². The van der Waals surface area contributed by atoms with E-state index in [2.05, 4.69) is 25.1 Å². The van der Waals surface area contributed by atoms with E-state index in [1.165, 1.54) is 0 Å². The summed E-state index contributed by atoms with van der Waals surface area (Å²) in [5.74, 6) is 1.04. The number of aryl methyl sites for hydroxylation is 1. The van der Waals surface area contributed by atoms with Crippen molar-refractivity contribution in [2.24, 2.45) is 0 Å². The third kappa shape index (κ3) is 2.71. The second-order valence-electron chi connectivity index (χ2n) is 5.58. The zero-order valence-corrected chi connectivity index (χ0v) is 14.3. The minimum Gasteiger partial charge on any atom is -0.476 e. The fraction of sp³-hybridized carbons (Fsp3) is 0.167. The largest absolute Gasteiger partial charge is 0.476 e. The van der Waals surface area contributed by atoms with Crippen LogP contribution in [0.15, 0.2) is 41.1 Å². The smallest absolute Gasteiger partial charge is 0.247 e. The van der Waals surface area contributed by atoms with Gasteiger partial charge in [-0.1, -0.05) is 35.5 Å². The van der Waals surface area contributed by atoms with E-state index < -0.39 is 0 Å². The van der Waals surface area contributed by atoms with Crippen LogP contribution in [-0.2, 0) is 0 Å². The topological polar surface area (TPSA) is 113 Å². The molecule has 4 aromatic rings. The van der Waals surface area contributed by atoms with Crippen LogP contribution in [0.4, 0.5) is 5.95 Å². The molecule has 0 unspecified atom stereocenters. The molecule has 0 fully saturated rings. The Morgan fingerprint density at radius 3 is 2.69 bits per heavy atom. The van der Waals surface area contributed by atoms with Gasteiger partial charge in [-0.2, -0.15) is 9.97 Å². The van der Waals surface area contributed by atoms with E-state index in [1.54, 1.807) is 6.20 Å². The van der Waals surface area contributed by atoms with Gasteiger partial charge in [0.25, 0.3) is 0 Å². The number of ether oxygens (including phenoxy) is 1. The molecule has 1 aromatic carbocycles. The zero-order valence-electron chi connectivity index (χ0n) is 14.3. The summed E-state index contributed by atoms with van der Waals surface area (Å²) in [6.45, 7) is 4.13. The van der Waals surface area contributed by atoms with Crippen LogP contribution in [0.25, 0.3) is 33.7 Å². The van der Waals surface area contributed by atoms with Crippen molar-refractivity contribution in [2.75, 3.05) is 12.3 Å². The van der Waals surface area contributed by atoms with Crippen LogP contribution in [0.1, 0.15) is 12.7 Å². The van der Waals surface area contributed by atoms with Gasteiger partial charge in [0.15, 0.2) is 11.2 Å². The molecule has 0 bridgehead atoms. The number of nitrogens with two attached hydrogens (primary N) is 1. The highest BCUT2D eigenvalue weighted by Gasteiger charge is 2.20. The number of benzene rings is 1. The van der Waals surface area contributed by atoms with Crippen LogP contribution in [0, 0.1) is 6.92 Å². The van der Waals surface area contributed by atoms with E-state index in [4.69, 9.17) is 15.0 Å². The minimum absolute atomic E-state index is 0.0918. The Hall–Kier alpha value is -3.55. The van der Waals surface area contributed by atoms with Crippen molar-refractivity contribution in [1.82, 2.24) is 25.1 Å². The number of anilines is 1. The molecule has 0 aliphatic heterocycles. The molecule has 0 aliphatic rings. The maximum atomic E-state index is 5.72. The number of fused-ring (bicyclic) bond motifs is 1. The summed E-state index contributed by atoms with van der Waals surface area (Å²) < 4.78 is 11.0. The molecule has 3 heterocycles. The Kier molecular flexibility index (Phi) is 3.92. The SMILES string of the molecule is CCOc1nc(N)nc2ncc(-c3c(-c4ccccc4)noc3C)nc12. The van der Waals surface area contributed by atoms with Crippen LogP contribution >= 0.6 is 0 Å². The van der Waals surface area contributed by atoms with Crippen LogP contribution in [0.3, 0.4) is 0 Å². The van der Waals surface area contributed by atoms with E-state index in [0.29, 0.717) is 40.8 Å². The molecule has 0 saturated heterocycles. The van der Waals surface area contributed by atoms with Crippen molar-refractivity contribution in [2.45, 2.75) is 13.8 Å². The average molecular weight is 348 g/mol. The molecule has 8 heteroatoms. The Morgan fingerprint density at radius 1 is 1.12 bits per heavy atom. The Labute approximate surface area is 149 Å². The minimum atomic E-state index is 0.0918. The molecule has 2 N–H and O–H groups in total. The lowest BCUT2D eigenvalue weighted by atomic mass is 10.0. The van der Waals surface area contributed by atoms with Gasteiger partial charge in [0.2, 0.25) is 11.8 Å². The summed E-state index contributed by atoms with van der Waals surface area (Å²) in [6, 6.07) is 9.76. The predicted octanol–water partition coefficient (Wildman–Crippen LogP) is 3.03. The number of nitrogen functional groups attached to an aromatic ring is 1. The van der Waals surface area contributed by atoms with Gasteiger partial charge >= 0.3 is 0 Å². The predicted molar refractivity (Wildman–Crippen MR) is 96.4 cm³/mol. The first kappa shape index (κ1) is 15.9. The summed E-state index contributed by atoms with van der Waals surface area (Å²) in [7, 11) is 0. The maximum Gasteiger partial charge on any atom is 0.247 e. The normalized spacial score (nSPS) is 11.0. The third-order valence-electron chi connectivity index (χ3n) is 3.84. The fourth-order valence-electron chi connectivity index (χ4n) is 2.72. The average Bonchev–Trinajstić information content (AvgIpc) is 3.04. The Morgan fingerprint density at radius 2 is 1.92 bits per heavy atom. The van der Waals surface area contributed by atoms with Gasteiger partial charge in [-0.15, -0.1) is 0 Å². The number of hydrogen-bond donors (Lipinski definition) is 1. The molecule has 0 spiro atoms. The first-order valence-electron chi connectivity index (χ1n) is 8.12. The van der Waals surface area contributed by atoms with E-state index in [0.717, 1.165) is 11.1 Å². The van der Waals surface area contributed by atoms with Gasteiger partial charge in [0.1, 0.15) is 11.5 Å². The molecule has 0 atom stereocenters. The van der Waals surface area contributed by atoms with Gasteiger partial charge in [-0.3, -0.25) is 0 Å². The fourth-order valence-corrected chi connectivity index (χ4v) is 2.72. The highest BCUT2D eigenvalue weighted by Crippen LogP contribution is 2.34. The molecule has 130 valence electrons.